The largest absolute Gasteiger partial charge is 0.466 e. The first-order valence-electron chi connectivity index (χ1n) is 3.16. The predicted molar refractivity (Wildman–Crippen MR) is 37.5 cm³/mol. The SMILES string of the molecule is C=COC(=O)CC(=O)OCC. The van der Waals surface area contributed by atoms with Crippen LogP contribution in [0, 0.1) is 0 Å². The van der Waals surface area contributed by atoms with Crippen molar-refractivity contribution in [3.8, 4) is 0 Å². The number of rotatable bonds is 4. The van der Waals surface area contributed by atoms with Crippen molar-refractivity contribution in [1.82, 2.24) is 0 Å². The molecule has 0 aliphatic heterocycles. The van der Waals surface area contributed by atoms with Gasteiger partial charge in [0, 0.05) is 0 Å². The van der Waals surface area contributed by atoms with Crippen molar-refractivity contribution in [2.75, 3.05) is 6.61 Å². The Morgan fingerprint density at radius 2 is 2.09 bits per heavy atom. The third kappa shape index (κ3) is 5.14. The molecule has 0 atom stereocenters. The number of hydrogen-bond donors (Lipinski definition) is 0. The molecule has 0 aromatic heterocycles. The summed E-state index contributed by atoms with van der Waals surface area (Å²) in [5.41, 5.74) is 0. The number of ether oxygens (including phenoxy) is 2. The van der Waals surface area contributed by atoms with Crippen LogP contribution in [0.5, 0.6) is 0 Å². The maximum Gasteiger partial charge on any atom is 0.321 e. The van der Waals surface area contributed by atoms with Crippen molar-refractivity contribution in [1.29, 1.82) is 0 Å². The minimum Gasteiger partial charge on any atom is -0.466 e. The number of carbonyl (C=O) groups is 2. The summed E-state index contributed by atoms with van der Waals surface area (Å²) in [7, 11) is 0. The summed E-state index contributed by atoms with van der Waals surface area (Å²) in [5, 5.41) is 0. The molecular weight excluding hydrogens is 148 g/mol. The van der Waals surface area contributed by atoms with Gasteiger partial charge in [-0.05, 0) is 6.92 Å². The molecule has 0 aliphatic rings. The van der Waals surface area contributed by atoms with Crippen LogP contribution in [0.2, 0.25) is 0 Å². The van der Waals surface area contributed by atoms with Crippen molar-refractivity contribution >= 4 is 11.9 Å². The number of hydrogen-bond acceptors (Lipinski definition) is 4. The van der Waals surface area contributed by atoms with Crippen molar-refractivity contribution in [3.63, 3.8) is 0 Å². The Balaban J connectivity index is 3.57. The van der Waals surface area contributed by atoms with Crippen LogP contribution < -0.4 is 0 Å². The van der Waals surface area contributed by atoms with Crippen LogP contribution in [0.4, 0.5) is 0 Å². The summed E-state index contributed by atoms with van der Waals surface area (Å²) in [6.45, 7) is 5.09. The summed E-state index contributed by atoms with van der Waals surface area (Å²) >= 11 is 0. The van der Waals surface area contributed by atoms with Crippen LogP contribution in [0.1, 0.15) is 13.3 Å². The van der Waals surface area contributed by atoms with Crippen molar-refractivity contribution < 1.29 is 19.1 Å². The van der Waals surface area contributed by atoms with Crippen molar-refractivity contribution in [2.45, 2.75) is 13.3 Å². The average Bonchev–Trinajstić information content (AvgIpc) is 1.87. The summed E-state index contributed by atoms with van der Waals surface area (Å²) < 4.78 is 8.77. The molecule has 62 valence electrons. The highest BCUT2D eigenvalue weighted by molar-refractivity contribution is 5.91. The first kappa shape index (κ1) is 9.68. The first-order valence-corrected chi connectivity index (χ1v) is 3.16. The van der Waals surface area contributed by atoms with Gasteiger partial charge < -0.3 is 9.47 Å². The van der Waals surface area contributed by atoms with Gasteiger partial charge in [-0.2, -0.15) is 0 Å². The third-order valence-electron chi connectivity index (χ3n) is 0.809. The molecule has 0 spiro atoms. The van der Waals surface area contributed by atoms with E-state index in [1.165, 1.54) is 0 Å². The molecule has 4 heteroatoms. The van der Waals surface area contributed by atoms with Gasteiger partial charge in [0.05, 0.1) is 12.9 Å². The molecule has 0 aromatic carbocycles. The Morgan fingerprint density at radius 3 is 2.55 bits per heavy atom. The number of carbonyl (C=O) groups excluding carboxylic acids is 2. The molecule has 0 bridgehead atoms. The minimum absolute atomic E-state index is 0.264. The average molecular weight is 158 g/mol. The molecule has 0 aromatic rings. The summed E-state index contributed by atoms with van der Waals surface area (Å²) in [6.07, 6.45) is 0.613. The summed E-state index contributed by atoms with van der Waals surface area (Å²) in [6, 6.07) is 0. The van der Waals surface area contributed by atoms with E-state index in [4.69, 9.17) is 0 Å². The van der Waals surface area contributed by atoms with Crippen molar-refractivity contribution in [3.05, 3.63) is 12.8 Å². The van der Waals surface area contributed by atoms with Gasteiger partial charge in [-0.15, -0.1) is 0 Å². The lowest BCUT2D eigenvalue weighted by Crippen LogP contribution is -2.11. The quantitative estimate of drug-likeness (QED) is 0.342. The molecule has 0 amide bonds. The second-order valence-electron chi connectivity index (χ2n) is 1.64. The first-order chi connectivity index (χ1) is 5.20. The van der Waals surface area contributed by atoms with Gasteiger partial charge in [0.25, 0.3) is 0 Å². The van der Waals surface area contributed by atoms with E-state index in [-0.39, 0.29) is 13.0 Å². The van der Waals surface area contributed by atoms with E-state index < -0.39 is 11.9 Å². The van der Waals surface area contributed by atoms with E-state index in [9.17, 15) is 9.59 Å². The molecule has 0 saturated carbocycles. The molecule has 0 N–H and O–H groups in total. The highest BCUT2D eigenvalue weighted by Crippen LogP contribution is 1.90. The van der Waals surface area contributed by atoms with E-state index in [0.29, 0.717) is 0 Å². The summed E-state index contributed by atoms with van der Waals surface area (Å²) in [5.74, 6) is -1.24. The Morgan fingerprint density at radius 1 is 1.45 bits per heavy atom. The van der Waals surface area contributed by atoms with Gasteiger partial charge >= 0.3 is 11.9 Å². The Labute approximate surface area is 64.8 Å². The Kier molecular flexibility index (Phi) is 4.81. The summed E-state index contributed by atoms with van der Waals surface area (Å²) in [4.78, 5) is 21.1. The van der Waals surface area contributed by atoms with E-state index in [1.807, 2.05) is 0 Å². The molecule has 0 fully saturated rings. The van der Waals surface area contributed by atoms with Gasteiger partial charge in [0.15, 0.2) is 0 Å². The van der Waals surface area contributed by atoms with Crippen LogP contribution in [-0.4, -0.2) is 18.5 Å². The maximum absolute atomic E-state index is 10.6. The van der Waals surface area contributed by atoms with Crippen LogP contribution in [0.25, 0.3) is 0 Å². The number of esters is 2. The molecule has 0 rings (SSSR count). The van der Waals surface area contributed by atoms with E-state index in [0.717, 1.165) is 6.26 Å². The van der Waals surface area contributed by atoms with E-state index >= 15 is 0 Å². The van der Waals surface area contributed by atoms with Gasteiger partial charge in [-0.25, -0.2) is 0 Å². The molecule has 4 nitrogen and oxygen atoms in total. The lowest BCUT2D eigenvalue weighted by molar-refractivity contribution is -0.151. The van der Waals surface area contributed by atoms with Gasteiger partial charge in [0.2, 0.25) is 0 Å². The van der Waals surface area contributed by atoms with Crippen molar-refractivity contribution in [2.24, 2.45) is 0 Å². The fourth-order valence-electron chi connectivity index (χ4n) is 0.464. The standard InChI is InChI=1S/C7H10O4/c1-3-10-6(8)5-7(9)11-4-2/h3H,1,4-5H2,2H3. The van der Waals surface area contributed by atoms with Gasteiger partial charge in [-0.1, -0.05) is 6.58 Å². The van der Waals surface area contributed by atoms with Crippen LogP contribution in [-0.2, 0) is 19.1 Å². The fraction of sp³-hybridized carbons (Fsp3) is 0.429. The molecule has 0 aliphatic carbocycles. The van der Waals surface area contributed by atoms with Gasteiger partial charge in [-0.3, -0.25) is 9.59 Å². The Hall–Kier alpha value is -1.32. The molecule has 11 heavy (non-hydrogen) atoms. The second-order valence-corrected chi connectivity index (χ2v) is 1.64. The normalized spacial score (nSPS) is 8.45. The predicted octanol–water partition coefficient (Wildman–Crippen LogP) is 0.626. The molecule has 0 unspecified atom stereocenters. The van der Waals surface area contributed by atoms with Crippen LogP contribution in [0.3, 0.4) is 0 Å². The highest BCUT2D eigenvalue weighted by atomic mass is 16.5. The molecule has 0 saturated heterocycles. The van der Waals surface area contributed by atoms with Crippen LogP contribution in [0.15, 0.2) is 12.8 Å². The molecular formula is C7H10O4. The second kappa shape index (κ2) is 5.46. The zero-order valence-corrected chi connectivity index (χ0v) is 6.33. The smallest absolute Gasteiger partial charge is 0.321 e. The third-order valence-corrected chi connectivity index (χ3v) is 0.809. The van der Waals surface area contributed by atoms with E-state index in [2.05, 4.69) is 16.1 Å². The lowest BCUT2D eigenvalue weighted by atomic mass is 10.4. The minimum atomic E-state index is -0.654. The highest BCUT2D eigenvalue weighted by Gasteiger charge is 2.09. The zero-order valence-electron chi connectivity index (χ0n) is 6.33. The van der Waals surface area contributed by atoms with Gasteiger partial charge in [0.1, 0.15) is 6.42 Å². The van der Waals surface area contributed by atoms with E-state index in [1.54, 1.807) is 6.92 Å². The molecule has 0 heterocycles. The lowest BCUT2D eigenvalue weighted by Gasteiger charge is -1.98. The molecule has 0 radical (unpaired) electrons. The maximum atomic E-state index is 10.6. The fourth-order valence-corrected chi connectivity index (χ4v) is 0.464. The monoisotopic (exact) mass is 158 g/mol. The van der Waals surface area contributed by atoms with Crippen LogP contribution >= 0.6 is 0 Å². The Bertz CT molecular complexity index is 162. The zero-order chi connectivity index (χ0) is 8.69. The topological polar surface area (TPSA) is 52.6 Å².